The van der Waals surface area contributed by atoms with Gasteiger partial charge < -0.3 is 28.6 Å². The van der Waals surface area contributed by atoms with Crippen molar-refractivity contribution in [2.45, 2.75) is 69.4 Å². The Kier molecular flexibility index (Phi) is 9.85. The van der Waals surface area contributed by atoms with Gasteiger partial charge in [-0.1, -0.05) is 18.1 Å². The number of hydrogen-bond acceptors (Lipinski definition) is 10. The van der Waals surface area contributed by atoms with Crippen molar-refractivity contribution in [3.8, 4) is 34.6 Å². The van der Waals surface area contributed by atoms with Gasteiger partial charge in [-0.2, -0.15) is 0 Å². The Balaban J connectivity index is 0.660. The molecule has 1 atom stereocenters. The molecule has 4 aliphatic rings. The fraction of sp³-hybridized carbons (Fsp3) is 0.319. The highest BCUT2D eigenvalue weighted by molar-refractivity contribution is 6.08. The molecular formula is C47H43N7O6. The van der Waals surface area contributed by atoms with Crippen molar-refractivity contribution in [2.75, 3.05) is 24.6 Å². The summed E-state index contributed by atoms with van der Waals surface area (Å²) in [6.45, 7) is 2.22. The lowest BCUT2D eigenvalue weighted by atomic mass is 9.91. The molecule has 0 spiro atoms. The highest BCUT2D eigenvalue weighted by Crippen LogP contribution is 2.34. The molecule has 302 valence electrons. The van der Waals surface area contributed by atoms with Gasteiger partial charge in [0.2, 0.25) is 17.7 Å². The summed E-state index contributed by atoms with van der Waals surface area (Å²) < 4.78 is 20.8. The molecule has 2 saturated heterocycles. The van der Waals surface area contributed by atoms with Crippen LogP contribution in [0.5, 0.6) is 11.6 Å². The first-order valence-corrected chi connectivity index (χ1v) is 20.5. The second-order valence-corrected chi connectivity index (χ2v) is 15.9. The number of aromatic nitrogens is 4. The summed E-state index contributed by atoms with van der Waals surface area (Å²) in [7, 11) is 2.09. The molecule has 13 heteroatoms. The van der Waals surface area contributed by atoms with Crippen LogP contribution in [0.1, 0.15) is 60.1 Å². The van der Waals surface area contributed by atoms with Gasteiger partial charge in [0.15, 0.2) is 0 Å². The number of carbonyl (C=O) groups excluding carboxylic acids is 3. The average molecular weight is 802 g/mol. The molecule has 3 fully saturated rings. The molecule has 1 unspecified atom stereocenters. The van der Waals surface area contributed by atoms with E-state index in [1.165, 1.54) is 15.8 Å². The number of anilines is 1. The molecule has 1 saturated carbocycles. The van der Waals surface area contributed by atoms with E-state index >= 15 is 0 Å². The number of amides is 3. The molecule has 6 aromatic rings. The highest BCUT2D eigenvalue weighted by Gasteiger charge is 2.39. The average Bonchev–Trinajstić information content (AvgIpc) is 3.74. The molecule has 2 aromatic carbocycles. The molecule has 60 heavy (non-hydrogen) atoms. The zero-order chi connectivity index (χ0) is 40.7. The van der Waals surface area contributed by atoms with Gasteiger partial charge in [0.05, 0.1) is 17.7 Å². The third kappa shape index (κ3) is 7.39. The summed E-state index contributed by atoms with van der Waals surface area (Å²) in [6.07, 6.45) is 12.1. The third-order valence-electron chi connectivity index (χ3n) is 12.2. The Morgan fingerprint density at radius 1 is 0.817 bits per heavy atom. The molecule has 0 bridgehead atoms. The van der Waals surface area contributed by atoms with Crippen LogP contribution in [0.15, 0.2) is 91.5 Å². The lowest BCUT2D eigenvalue weighted by molar-refractivity contribution is -0.136. The van der Waals surface area contributed by atoms with Crippen LogP contribution < -0.4 is 19.7 Å². The fourth-order valence-electron chi connectivity index (χ4n) is 8.84. The number of pyridine rings is 3. The Bertz CT molecular complexity index is 2710. The van der Waals surface area contributed by atoms with Crippen LogP contribution >= 0.6 is 0 Å². The van der Waals surface area contributed by atoms with Crippen molar-refractivity contribution in [3.63, 3.8) is 0 Å². The van der Waals surface area contributed by atoms with Crippen molar-refractivity contribution in [1.82, 2.24) is 29.7 Å². The minimum Gasteiger partial charge on any atom is -0.481 e. The van der Waals surface area contributed by atoms with Crippen LogP contribution in [0.3, 0.4) is 0 Å². The summed E-state index contributed by atoms with van der Waals surface area (Å²) in [4.78, 5) is 54.2. The van der Waals surface area contributed by atoms with Crippen molar-refractivity contribution in [3.05, 3.63) is 108 Å². The molecule has 10 rings (SSSR count). The van der Waals surface area contributed by atoms with Crippen LogP contribution in [0.4, 0.5) is 5.69 Å². The monoisotopic (exact) mass is 801 g/mol. The molecule has 4 aromatic heterocycles. The largest absolute Gasteiger partial charge is 0.481 e. The summed E-state index contributed by atoms with van der Waals surface area (Å²) >= 11 is 0. The summed E-state index contributed by atoms with van der Waals surface area (Å²) in [5.74, 6) is 6.45. The maximum absolute atomic E-state index is 13.0. The van der Waals surface area contributed by atoms with Crippen molar-refractivity contribution >= 4 is 45.2 Å². The number of piperidine rings is 2. The molecule has 1 N–H and O–H groups in total. The van der Waals surface area contributed by atoms with Gasteiger partial charge in [0.25, 0.3) is 5.91 Å². The lowest BCUT2D eigenvalue weighted by Crippen LogP contribution is -2.52. The van der Waals surface area contributed by atoms with Crippen LogP contribution in [0, 0.1) is 11.8 Å². The predicted octanol–water partition coefficient (Wildman–Crippen LogP) is 5.97. The van der Waals surface area contributed by atoms with Crippen molar-refractivity contribution in [1.29, 1.82) is 0 Å². The molecule has 0 radical (unpaired) electrons. The van der Waals surface area contributed by atoms with Crippen LogP contribution in [-0.2, 0) is 27.9 Å². The topological polar surface area (TPSA) is 141 Å². The number of fused-ring (bicyclic) bond motifs is 4. The normalized spacial score (nSPS) is 20.4. The minimum absolute atomic E-state index is 0.104. The van der Waals surface area contributed by atoms with Crippen molar-refractivity contribution in [2.24, 2.45) is 7.05 Å². The van der Waals surface area contributed by atoms with E-state index in [4.69, 9.17) is 14.2 Å². The number of rotatable bonds is 9. The smallest absolute Gasteiger partial charge is 0.255 e. The first-order valence-electron chi connectivity index (χ1n) is 20.5. The van der Waals surface area contributed by atoms with E-state index in [-0.39, 0.29) is 43.2 Å². The minimum atomic E-state index is -0.652. The number of nitrogens with one attached hydrogen (secondary N) is 1. The maximum Gasteiger partial charge on any atom is 0.255 e. The second kappa shape index (κ2) is 15.8. The fourth-order valence-corrected chi connectivity index (χ4v) is 8.84. The molecule has 3 amide bonds. The SMILES string of the molecule is Cn1c2ccncc2c2ccc(-c3ccc(O[C@H]4C[C@H](OC5CCN(c6ccnc(C#CCOc7ccc8c(c7)CN(C7CCC(=O)NC7=O)C8=O)c6)CC5)C4)nc3)cc21. The summed E-state index contributed by atoms with van der Waals surface area (Å²) in [6, 6.07) is 21.2. The van der Waals surface area contributed by atoms with Crippen LogP contribution in [0.2, 0.25) is 0 Å². The number of hydrogen-bond donors (Lipinski definition) is 1. The standard InChI is InChI=1S/C47H43N7O6/c1-52-41-13-16-48-27-40(41)39-7-4-29(22-43(39)52)30-5-11-45(50-26-30)60-37-24-36(25-37)59-34-14-18-53(19-15-34)33-12-17-49-32(23-33)3-2-20-58-35-6-8-38-31(21-35)28-54(47(38)57)42-9-10-44(55)51-46(42)56/h4-8,11-13,16-17,21-23,26-27,34,36-37,42H,9-10,14-15,18-20,24-25,28H2,1H3,(H,51,55,56)/t36-,37-,42?. The molecule has 1 aliphatic carbocycles. The van der Waals surface area contributed by atoms with Crippen LogP contribution in [0.25, 0.3) is 32.9 Å². The van der Waals surface area contributed by atoms with Crippen LogP contribution in [-0.4, -0.2) is 86.2 Å². The van der Waals surface area contributed by atoms with E-state index in [0.29, 0.717) is 35.9 Å². The number of imide groups is 1. The Morgan fingerprint density at radius 3 is 2.52 bits per heavy atom. The molecule has 3 aliphatic heterocycles. The zero-order valence-electron chi connectivity index (χ0n) is 33.2. The number of nitrogens with zero attached hydrogens (tertiary/aromatic N) is 6. The van der Waals surface area contributed by atoms with E-state index in [2.05, 4.69) is 72.9 Å². The summed E-state index contributed by atoms with van der Waals surface area (Å²) in [5, 5.41) is 4.68. The third-order valence-corrected chi connectivity index (χ3v) is 12.2. The van der Waals surface area contributed by atoms with E-state index in [9.17, 15) is 14.4 Å². The van der Waals surface area contributed by atoms with E-state index in [1.807, 2.05) is 48.9 Å². The van der Waals surface area contributed by atoms with Gasteiger partial charge in [0.1, 0.15) is 30.2 Å². The molecular weight excluding hydrogens is 759 g/mol. The lowest BCUT2D eigenvalue weighted by Gasteiger charge is -2.40. The van der Waals surface area contributed by atoms with E-state index < -0.39 is 11.9 Å². The van der Waals surface area contributed by atoms with Gasteiger partial charge in [0, 0.05) is 110 Å². The van der Waals surface area contributed by atoms with E-state index in [1.54, 1.807) is 18.3 Å². The molecule has 13 nitrogen and oxygen atoms in total. The maximum atomic E-state index is 13.0. The van der Waals surface area contributed by atoms with E-state index in [0.717, 1.165) is 72.1 Å². The quantitative estimate of drug-likeness (QED) is 0.137. The van der Waals surface area contributed by atoms with Gasteiger partial charge in [-0.25, -0.2) is 9.97 Å². The van der Waals surface area contributed by atoms with Gasteiger partial charge >= 0.3 is 0 Å². The first-order chi connectivity index (χ1) is 29.3. The van der Waals surface area contributed by atoms with Gasteiger partial charge in [-0.05, 0) is 84.8 Å². The predicted molar refractivity (Wildman–Crippen MR) is 224 cm³/mol. The Morgan fingerprint density at radius 2 is 1.68 bits per heavy atom. The summed E-state index contributed by atoms with van der Waals surface area (Å²) in [5.41, 5.74) is 7.56. The molecule has 7 heterocycles. The highest BCUT2D eigenvalue weighted by atomic mass is 16.5. The van der Waals surface area contributed by atoms with Gasteiger partial charge in [-0.3, -0.25) is 24.7 Å². The Hall–Kier alpha value is -6.78. The number of aryl methyl sites for hydroxylation is 1. The zero-order valence-corrected chi connectivity index (χ0v) is 33.2. The second-order valence-electron chi connectivity index (χ2n) is 15.9. The number of benzene rings is 2. The Labute approximate surface area is 346 Å². The number of carbonyl (C=O) groups is 3. The first kappa shape index (κ1) is 37.5. The van der Waals surface area contributed by atoms with Gasteiger partial charge in [-0.15, -0.1) is 0 Å². The van der Waals surface area contributed by atoms with Crippen molar-refractivity contribution < 1.29 is 28.6 Å². The number of ether oxygens (including phenoxy) is 3.